The van der Waals surface area contributed by atoms with Crippen molar-refractivity contribution < 1.29 is 23.8 Å². The summed E-state index contributed by atoms with van der Waals surface area (Å²) in [6.07, 6.45) is 0. The van der Waals surface area contributed by atoms with Crippen LogP contribution in [0.5, 0.6) is 0 Å². The van der Waals surface area contributed by atoms with Gasteiger partial charge in [-0.1, -0.05) is 30.3 Å². The Morgan fingerprint density at radius 3 is 2.66 bits per heavy atom. The van der Waals surface area contributed by atoms with Gasteiger partial charge in [0.05, 0.1) is 24.4 Å². The van der Waals surface area contributed by atoms with Crippen LogP contribution in [0.15, 0.2) is 48.5 Å². The minimum atomic E-state index is -0.538. The average Bonchev–Trinajstić information content (AvgIpc) is 2.70. The number of ether oxygens (including phenoxy) is 1. The van der Waals surface area contributed by atoms with E-state index in [2.05, 4.69) is 5.32 Å². The molecule has 0 aromatic heterocycles. The molecule has 2 heterocycles. The lowest BCUT2D eigenvalue weighted by Crippen LogP contribution is -2.71. The number of nitrogens with zero attached hydrogens (tertiary/aromatic N) is 2. The third-order valence-corrected chi connectivity index (χ3v) is 5.61. The van der Waals surface area contributed by atoms with Gasteiger partial charge in [-0.3, -0.25) is 4.79 Å². The highest BCUT2D eigenvalue weighted by atomic mass is 19.1. The number of carbonyl (C=O) groups excluding carboxylic acids is 2. The monoisotopic (exact) mass is 399 g/mol. The number of nitrogens with one attached hydrogen (secondary N) is 1. The Kier molecular flexibility index (Phi) is 5.21. The number of halogens is 1. The Bertz CT molecular complexity index is 938. The third kappa shape index (κ3) is 3.24. The maximum Gasteiger partial charge on any atom is 0.322 e. The van der Waals surface area contributed by atoms with Crippen LogP contribution in [0.3, 0.4) is 0 Å². The van der Waals surface area contributed by atoms with E-state index >= 15 is 0 Å². The summed E-state index contributed by atoms with van der Waals surface area (Å²) >= 11 is 0. The number of urea groups is 1. The van der Waals surface area contributed by atoms with Crippen LogP contribution < -0.4 is 10.2 Å². The van der Waals surface area contributed by atoms with Gasteiger partial charge < -0.3 is 25.0 Å². The molecule has 0 bridgehead atoms. The predicted molar refractivity (Wildman–Crippen MR) is 105 cm³/mol. The summed E-state index contributed by atoms with van der Waals surface area (Å²) in [5, 5.41) is 12.5. The van der Waals surface area contributed by atoms with Gasteiger partial charge in [-0.25, -0.2) is 9.18 Å². The fourth-order valence-corrected chi connectivity index (χ4v) is 4.35. The smallest absolute Gasteiger partial charge is 0.322 e. The molecule has 2 aromatic carbocycles. The van der Waals surface area contributed by atoms with E-state index in [0.29, 0.717) is 0 Å². The van der Waals surface area contributed by atoms with E-state index in [-0.39, 0.29) is 43.3 Å². The fourth-order valence-electron chi connectivity index (χ4n) is 4.35. The topological polar surface area (TPSA) is 82.1 Å². The largest absolute Gasteiger partial charge is 0.394 e. The predicted octanol–water partition coefficient (Wildman–Crippen LogP) is 2.18. The zero-order valence-electron chi connectivity index (χ0n) is 15.9. The molecule has 3 amide bonds. The molecule has 0 radical (unpaired) electrons. The summed E-state index contributed by atoms with van der Waals surface area (Å²) in [5.74, 6) is -0.848. The van der Waals surface area contributed by atoms with Gasteiger partial charge in [0.25, 0.3) is 5.91 Å². The van der Waals surface area contributed by atoms with Crippen molar-refractivity contribution in [2.24, 2.45) is 0 Å². The molecule has 0 spiro atoms. The molecule has 8 heteroatoms. The molecule has 152 valence electrons. The van der Waals surface area contributed by atoms with Gasteiger partial charge in [-0.05, 0) is 23.8 Å². The molecule has 1 fully saturated rings. The van der Waals surface area contributed by atoms with Crippen LogP contribution in [0.4, 0.5) is 20.6 Å². The molecule has 2 N–H and O–H groups in total. The number of likely N-dealkylation sites (tertiary alicyclic amines) is 1. The fraction of sp³-hybridized carbons (Fsp3) is 0.333. The molecule has 1 saturated heterocycles. The number of methoxy groups -OCH3 is 1. The first kappa shape index (κ1) is 19.4. The van der Waals surface area contributed by atoms with Crippen molar-refractivity contribution in [3.8, 4) is 0 Å². The molecule has 2 aliphatic heterocycles. The number of aliphatic hydroxyl groups is 1. The van der Waals surface area contributed by atoms with Crippen LogP contribution in [0.25, 0.3) is 0 Å². The second-order valence-electron chi connectivity index (χ2n) is 7.16. The molecule has 29 heavy (non-hydrogen) atoms. The molecule has 0 aliphatic carbocycles. The first-order valence-corrected chi connectivity index (χ1v) is 9.39. The number of fused-ring (bicyclic) bond motifs is 3. The van der Waals surface area contributed by atoms with E-state index in [4.69, 9.17) is 4.74 Å². The summed E-state index contributed by atoms with van der Waals surface area (Å²) in [6.45, 7) is -0.0200. The van der Waals surface area contributed by atoms with Gasteiger partial charge in [0.15, 0.2) is 0 Å². The molecular formula is C21H22FN3O4. The van der Waals surface area contributed by atoms with Gasteiger partial charge in [-0.2, -0.15) is 0 Å². The highest BCUT2D eigenvalue weighted by Gasteiger charge is 2.55. The second-order valence-corrected chi connectivity index (χ2v) is 7.16. The second kappa shape index (κ2) is 7.81. The van der Waals surface area contributed by atoms with E-state index in [0.717, 1.165) is 11.3 Å². The summed E-state index contributed by atoms with van der Waals surface area (Å²) in [7, 11) is 1.45. The summed E-state index contributed by atoms with van der Waals surface area (Å²) in [5.41, 5.74) is 1.74. The van der Waals surface area contributed by atoms with Crippen molar-refractivity contribution in [3.63, 3.8) is 0 Å². The first-order chi connectivity index (χ1) is 14.1. The van der Waals surface area contributed by atoms with E-state index in [9.17, 15) is 19.1 Å². The van der Waals surface area contributed by atoms with Crippen LogP contribution in [-0.2, 0) is 9.53 Å². The molecule has 3 atom stereocenters. The Morgan fingerprint density at radius 1 is 1.21 bits per heavy atom. The van der Waals surface area contributed by atoms with Crippen LogP contribution >= 0.6 is 0 Å². The van der Waals surface area contributed by atoms with Crippen molar-refractivity contribution in [1.82, 2.24) is 4.90 Å². The van der Waals surface area contributed by atoms with Crippen molar-refractivity contribution in [2.75, 3.05) is 37.1 Å². The molecule has 2 aliphatic rings. The minimum Gasteiger partial charge on any atom is -0.394 e. The Labute approximate surface area is 167 Å². The van der Waals surface area contributed by atoms with E-state index in [1.54, 1.807) is 17.0 Å². The number of para-hydroxylation sites is 2. The van der Waals surface area contributed by atoms with Gasteiger partial charge in [-0.15, -0.1) is 0 Å². The highest BCUT2D eigenvalue weighted by Crippen LogP contribution is 2.48. The third-order valence-electron chi connectivity index (χ3n) is 5.61. The molecule has 7 nitrogen and oxygen atoms in total. The van der Waals surface area contributed by atoms with E-state index < -0.39 is 17.9 Å². The maximum atomic E-state index is 13.9. The number of hydrogen-bond donors (Lipinski definition) is 2. The molecular weight excluding hydrogens is 377 g/mol. The number of amides is 3. The standard InChI is InChI=1S/C21H22FN3O4/c1-29-12-19(27)24-10-17-20(13-6-2-5-9-16(13)24)18(11-26)25(17)21(28)23-15-8-4-3-7-14(15)22/h2-9,17-18,20,26H,10-12H2,1H3,(H,23,28)/t17-,18+,20+/m0/s1. The number of anilines is 2. The van der Waals surface area contributed by atoms with Crippen molar-refractivity contribution in [3.05, 3.63) is 59.9 Å². The Morgan fingerprint density at radius 2 is 1.93 bits per heavy atom. The van der Waals surface area contributed by atoms with Crippen LogP contribution in [0.1, 0.15) is 11.5 Å². The number of carbonyl (C=O) groups is 2. The van der Waals surface area contributed by atoms with Crippen LogP contribution in [0, 0.1) is 5.82 Å². The van der Waals surface area contributed by atoms with Crippen molar-refractivity contribution in [1.29, 1.82) is 0 Å². The van der Waals surface area contributed by atoms with Crippen LogP contribution in [0.2, 0.25) is 0 Å². The summed E-state index contributed by atoms with van der Waals surface area (Å²) in [6, 6.07) is 12.1. The highest BCUT2D eigenvalue weighted by molar-refractivity contribution is 5.97. The summed E-state index contributed by atoms with van der Waals surface area (Å²) in [4.78, 5) is 28.6. The number of aliphatic hydroxyl groups excluding tert-OH is 1. The zero-order chi connectivity index (χ0) is 20.5. The maximum absolute atomic E-state index is 13.9. The molecule has 4 rings (SSSR count). The lowest BCUT2D eigenvalue weighted by Gasteiger charge is -2.58. The van der Waals surface area contributed by atoms with Crippen molar-refractivity contribution in [2.45, 2.75) is 18.0 Å². The molecule has 0 unspecified atom stereocenters. The quantitative estimate of drug-likeness (QED) is 0.826. The van der Waals surface area contributed by atoms with Crippen LogP contribution in [-0.4, -0.2) is 60.9 Å². The normalized spacial score (nSPS) is 22.4. The average molecular weight is 399 g/mol. The Hall–Kier alpha value is -2.97. The molecule has 0 saturated carbocycles. The van der Waals surface area contributed by atoms with Gasteiger partial charge in [0, 0.05) is 25.3 Å². The first-order valence-electron chi connectivity index (χ1n) is 9.39. The minimum absolute atomic E-state index is 0.0705. The Balaban J connectivity index is 1.63. The van der Waals surface area contributed by atoms with E-state index in [1.165, 1.54) is 24.1 Å². The van der Waals surface area contributed by atoms with Gasteiger partial charge in [0.1, 0.15) is 12.4 Å². The van der Waals surface area contributed by atoms with Gasteiger partial charge >= 0.3 is 6.03 Å². The zero-order valence-corrected chi connectivity index (χ0v) is 15.9. The number of benzene rings is 2. The molecule has 2 aromatic rings. The van der Waals surface area contributed by atoms with E-state index in [1.807, 2.05) is 24.3 Å². The number of rotatable bonds is 4. The SMILES string of the molecule is COCC(=O)N1C[C@H]2[C@@H](c3ccccc31)[C@@H](CO)N2C(=O)Nc1ccccc1F. The number of hydrogen-bond acceptors (Lipinski definition) is 4. The summed E-state index contributed by atoms with van der Waals surface area (Å²) < 4.78 is 18.9. The van der Waals surface area contributed by atoms with Crippen molar-refractivity contribution >= 4 is 23.3 Å². The lowest BCUT2D eigenvalue weighted by atomic mass is 9.72. The lowest BCUT2D eigenvalue weighted by molar-refractivity contribution is -0.123. The van der Waals surface area contributed by atoms with Gasteiger partial charge in [0.2, 0.25) is 0 Å².